The van der Waals surface area contributed by atoms with E-state index in [1.54, 1.807) is 7.11 Å². The standard InChI is InChI=1S/C16H27NO2/c1-13(5-4-12-18)17-14(2)6-7-15-8-10-16(19-3)11-9-15/h8-11,13-14,17-18H,4-7,12H2,1-3H3. The summed E-state index contributed by atoms with van der Waals surface area (Å²) >= 11 is 0. The molecule has 0 heterocycles. The number of aryl methyl sites for hydroxylation is 1. The molecule has 0 saturated carbocycles. The lowest BCUT2D eigenvalue weighted by atomic mass is 10.0. The van der Waals surface area contributed by atoms with Crippen molar-refractivity contribution in [2.45, 2.75) is 51.6 Å². The summed E-state index contributed by atoms with van der Waals surface area (Å²) in [4.78, 5) is 0. The van der Waals surface area contributed by atoms with Crippen LogP contribution in [-0.4, -0.2) is 30.9 Å². The molecule has 0 aromatic heterocycles. The van der Waals surface area contributed by atoms with E-state index in [1.807, 2.05) is 12.1 Å². The predicted octanol–water partition coefficient (Wildman–Crippen LogP) is 2.77. The molecule has 0 fully saturated rings. The summed E-state index contributed by atoms with van der Waals surface area (Å²) in [6.07, 6.45) is 4.10. The highest BCUT2D eigenvalue weighted by Gasteiger charge is 2.07. The minimum absolute atomic E-state index is 0.284. The Morgan fingerprint density at radius 2 is 1.74 bits per heavy atom. The van der Waals surface area contributed by atoms with Gasteiger partial charge in [-0.25, -0.2) is 0 Å². The largest absolute Gasteiger partial charge is 0.497 e. The van der Waals surface area contributed by atoms with Gasteiger partial charge in [0.05, 0.1) is 7.11 Å². The van der Waals surface area contributed by atoms with Gasteiger partial charge in [0.15, 0.2) is 0 Å². The zero-order chi connectivity index (χ0) is 14.1. The van der Waals surface area contributed by atoms with E-state index >= 15 is 0 Å². The highest BCUT2D eigenvalue weighted by atomic mass is 16.5. The van der Waals surface area contributed by atoms with E-state index in [0.717, 1.165) is 31.4 Å². The summed E-state index contributed by atoms with van der Waals surface area (Å²) in [5.41, 5.74) is 1.34. The summed E-state index contributed by atoms with van der Waals surface area (Å²) in [6, 6.07) is 9.24. The van der Waals surface area contributed by atoms with Crippen LogP contribution in [0.5, 0.6) is 5.75 Å². The van der Waals surface area contributed by atoms with Crippen LogP contribution in [-0.2, 0) is 6.42 Å². The van der Waals surface area contributed by atoms with Crippen LogP contribution in [0.25, 0.3) is 0 Å². The molecule has 1 rings (SSSR count). The van der Waals surface area contributed by atoms with Crippen molar-refractivity contribution in [3.05, 3.63) is 29.8 Å². The summed E-state index contributed by atoms with van der Waals surface area (Å²) in [6.45, 7) is 4.69. The van der Waals surface area contributed by atoms with Crippen molar-refractivity contribution in [2.75, 3.05) is 13.7 Å². The van der Waals surface area contributed by atoms with Crippen molar-refractivity contribution >= 4 is 0 Å². The highest BCUT2D eigenvalue weighted by Crippen LogP contribution is 2.13. The zero-order valence-corrected chi connectivity index (χ0v) is 12.4. The van der Waals surface area contributed by atoms with Gasteiger partial charge in [-0.1, -0.05) is 12.1 Å². The quantitative estimate of drug-likeness (QED) is 0.721. The van der Waals surface area contributed by atoms with Crippen molar-refractivity contribution in [3.8, 4) is 5.75 Å². The molecule has 2 atom stereocenters. The van der Waals surface area contributed by atoms with Crippen LogP contribution in [0.4, 0.5) is 0 Å². The fraction of sp³-hybridized carbons (Fsp3) is 0.625. The fourth-order valence-corrected chi connectivity index (χ4v) is 2.23. The molecule has 3 heteroatoms. The lowest BCUT2D eigenvalue weighted by molar-refractivity contribution is 0.273. The van der Waals surface area contributed by atoms with Gasteiger partial charge >= 0.3 is 0 Å². The topological polar surface area (TPSA) is 41.5 Å². The second-order valence-corrected chi connectivity index (χ2v) is 5.22. The first-order valence-electron chi connectivity index (χ1n) is 7.15. The van der Waals surface area contributed by atoms with E-state index in [0.29, 0.717) is 12.1 Å². The van der Waals surface area contributed by atoms with Gasteiger partial charge in [-0.2, -0.15) is 0 Å². The maximum atomic E-state index is 8.81. The zero-order valence-electron chi connectivity index (χ0n) is 12.4. The maximum Gasteiger partial charge on any atom is 0.118 e. The second-order valence-electron chi connectivity index (χ2n) is 5.22. The third-order valence-electron chi connectivity index (χ3n) is 3.39. The molecular formula is C16H27NO2. The Balaban J connectivity index is 2.26. The van der Waals surface area contributed by atoms with Crippen molar-refractivity contribution < 1.29 is 9.84 Å². The van der Waals surface area contributed by atoms with Gasteiger partial charge in [-0.15, -0.1) is 0 Å². The highest BCUT2D eigenvalue weighted by molar-refractivity contribution is 5.27. The Labute approximate surface area is 117 Å². The molecule has 0 aliphatic carbocycles. The number of aliphatic hydroxyl groups excluding tert-OH is 1. The number of hydrogen-bond acceptors (Lipinski definition) is 3. The molecule has 1 aromatic carbocycles. The lowest BCUT2D eigenvalue weighted by Crippen LogP contribution is -2.34. The summed E-state index contributed by atoms with van der Waals surface area (Å²) in [5, 5.41) is 12.4. The molecular weight excluding hydrogens is 238 g/mol. The molecule has 19 heavy (non-hydrogen) atoms. The van der Waals surface area contributed by atoms with Crippen LogP contribution >= 0.6 is 0 Å². The Kier molecular flexibility index (Phi) is 7.53. The third kappa shape index (κ3) is 6.60. The monoisotopic (exact) mass is 265 g/mol. The number of aliphatic hydroxyl groups is 1. The summed E-state index contributed by atoms with van der Waals surface area (Å²) in [5.74, 6) is 0.910. The molecule has 2 N–H and O–H groups in total. The number of nitrogens with one attached hydrogen (secondary N) is 1. The summed E-state index contributed by atoms with van der Waals surface area (Å²) in [7, 11) is 1.69. The molecule has 0 aliphatic heterocycles. The SMILES string of the molecule is COc1ccc(CCC(C)NC(C)CCCO)cc1. The molecule has 0 aliphatic rings. The molecule has 0 radical (unpaired) electrons. The van der Waals surface area contributed by atoms with Crippen LogP contribution in [0.3, 0.4) is 0 Å². The smallest absolute Gasteiger partial charge is 0.118 e. The van der Waals surface area contributed by atoms with E-state index in [1.165, 1.54) is 5.56 Å². The fourth-order valence-electron chi connectivity index (χ4n) is 2.23. The van der Waals surface area contributed by atoms with Crippen LogP contribution in [0.1, 0.15) is 38.7 Å². The van der Waals surface area contributed by atoms with Crippen LogP contribution in [0, 0.1) is 0 Å². The number of ether oxygens (including phenoxy) is 1. The molecule has 2 unspecified atom stereocenters. The maximum absolute atomic E-state index is 8.81. The van der Waals surface area contributed by atoms with Gasteiger partial charge in [0.25, 0.3) is 0 Å². The van der Waals surface area contributed by atoms with E-state index in [4.69, 9.17) is 9.84 Å². The molecule has 108 valence electrons. The summed E-state index contributed by atoms with van der Waals surface area (Å²) < 4.78 is 5.15. The average molecular weight is 265 g/mol. The van der Waals surface area contributed by atoms with E-state index in [-0.39, 0.29) is 6.61 Å². The van der Waals surface area contributed by atoms with Crippen molar-refractivity contribution in [3.63, 3.8) is 0 Å². The molecule has 0 spiro atoms. The number of hydrogen-bond donors (Lipinski definition) is 2. The Morgan fingerprint density at radius 3 is 2.32 bits per heavy atom. The van der Waals surface area contributed by atoms with Crippen LogP contribution in [0.2, 0.25) is 0 Å². The van der Waals surface area contributed by atoms with Crippen LogP contribution < -0.4 is 10.1 Å². The third-order valence-corrected chi connectivity index (χ3v) is 3.39. The molecule has 1 aromatic rings. The first-order valence-corrected chi connectivity index (χ1v) is 7.15. The lowest BCUT2D eigenvalue weighted by Gasteiger charge is -2.19. The number of benzene rings is 1. The molecule has 3 nitrogen and oxygen atoms in total. The number of rotatable bonds is 9. The normalized spacial score (nSPS) is 14.1. The minimum atomic E-state index is 0.284. The van der Waals surface area contributed by atoms with Crippen LogP contribution in [0.15, 0.2) is 24.3 Å². The second kappa shape index (κ2) is 8.94. The molecule has 0 bridgehead atoms. The predicted molar refractivity (Wildman–Crippen MR) is 79.7 cm³/mol. The number of methoxy groups -OCH3 is 1. The Hall–Kier alpha value is -1.06. The van der Waals surface area contributed by atoms with E-state index in [9.17, 15) is 0 Å². The Morgan fingerprint density at radius 1 is 1.11 bits per heavy atom. The van der Waals surface area contributed by atoms with E-state index < -0.39 is 0 Å². The van der Waals surface area contributed by atoms with Gasteiger partial charge < -0.3 is 15.2 Å². The van der Waals surface area contributed by atoms with Crippen molar-refractivity contribution in [1.82, 2.24) is 5.32 Å². The van der Waals surface area contributed by atoms with Gasteiger partial charge in [-0.3, -0.25) is 0 Å². The van der Waals surface area contributed by atoms with Gasteiger partial charge in [0.1, 0.15) is 5.75 Å². The average Bonchev–Trinajstić information content (AvgIpc) is 2.43. The Bertz CT molecular complexity index is 337. The van der Waals surface area contributed by atoms with E-state index in [2.05, 4.69) is 31.3 Å². The first kappa shape index (κ1) is 16.0. The van der Waals surface area contributed by atoms with Gasteiger partial charge in [0, 0.05) is 18.7 Å². The molecule has 0 saturated heterocycles. The van der Waals surface area contributed by atoms with Crippen molar-refractivity contribution in [2.24, 2.45) is 0 Å². The molecule has 0 amide bonds. The minimum Gasteiger partial charge on any atom is -0.497 e. The first-order chi connectivity index (χ1) is 9.15. The van der Waals surface area contributed by atoms with Gasteiger partial charge in [-0.05, 0) is 57.2 Å². The van der Waals surface area contributed by atoms with Gasteiger partial charge in [0.2, 0.25) is 0 Å². The van der Waals surface area contributed by atoms with Crippen molar-refractivity contribution in [1.29, 1.82) is 0 Å².